The number of aryl methyl sites for hydroxylation is 1. The molecule has 0 fully saturated rings. The summed E-state index contributed by atoms with van der Waals surface area (Å²) in [7, 11) is 0. The molecule has 0 saturated heterocycles. The van der Waals surface area contributed by atoms with Crippen LogP contribution < -0.4 is 5.73 Å². The van der Waals surface area contributed by atoms with Crippen molar-refractivity contribution in [3.05, 3.63) is 28.6 Å². The zero-order valence-corrected chi connectivity index (χ0v) is 10.4. The lowest BCUT2D eigenvalue weighted by Crippen LogP contribution is -1.94. The van der Waals surface area contributed by atoms with E-state index < -0.39 is 0 Å². The van der Waals surface area contributed by atoms with Crippen molar-refractivity contribution in [1.82, 2.24) is 0 Å². The monoisotopic (exact) mass is 269 g/mol. The maximum absolute atomic E-state index is 5.99. The van der Waals surface area contributed by atoms with Gasteiger partial charge >= 0.3 is 0 Å². The van der Waals surface area contributed by atoms with E-state index in [1.54, 1.807) is 11.3 Å². The van der Waals surface area contributed by atoms with Crippen LogP contribution in [0, 0.1) is 0 Å². The zero-order valence-electron chi connectivity index (χ0n) is 8.01. The largest absolute Gasteiger partial charge is 0.398 e. The number of hydrogen-bond donors (Lipinski definition) is 1. The summed E-state index contributed by atoms with van der Waals surface area (Å²) >= 11 is 5.29. The van der Waals surface area contributed by atoms with Crippen LogP contribution in [-0.4, -0.2) is 0 Å². The Labute approximate surface area is 96.1 Å². The summed E-state index contributed by atoms with van der Waals surface area (Å²) in [6.45, 7) is 2.19. The highest BCUT2D eigenvalue weighted by Crippen LogP contribution is 2.33. The van der Waals surface area contributed by atoms with Gasteiger partial charge in [0.1, 0.15) is 0 Å². The molecule has 14 heavy (non-hydrogen) atoms. The van der Waals surface area contributed by atoms with Crippen molar-refractivity contribution in [3.8, 4) is 0 Å². The van der Waals surface area contributed by atoms with Gasteiger partial charge in [-0.3, -0.25) is 0 Å². The lowest BCUT2D eigenvalue weighted by atomic mass is 10.0. The number of rotatable bonds is 2. The summed E-state index contributed by atoms with van der Waals surface area (Å²) < 4.78 is 1.35. The van der Waals surface area contributed by atoms with E-state index in [1.807, 2.05) is 0 Å². The molecule has 0 aliphatic rings. The number of halogens is 1. The smallest absolute Gasteiger partial charge is 0.0405 e. The van der Waals surface area contributed by atoms with Gasteiger partial charge in [-0.25, -0.2) is 0 Å². The minimum atomic E-state index is 0.883. The molecule has 74 valence electrons. The SMILES string of the molecule is CCc1c(CBr)cc(N)c2ccsc12. The molecule has 3 heteroatoms. The first kappa shape index (κ1) is 9.99. The Bertz CT molecular complexity index is 462. The molecule has 2 N–H and O–H groups in total. The molecule has 1 nitrogen and oxygen atoms in total. The Morgan fingerprint density at radius 3 is 2.93 bits per heavy atom. The van der Waals surface area contributed by atoms with E-state index in [2.05, 4.69) is 40.4 Å². The van der Waals surface area contributed by atoms with Gasteiger partial charge in [-0.1, -0.05) is 22.9 Å². The number of benzene rings is 1. The Hall–Kier alpha value is -0.540. The Kier molecular flexibility index (Phi) is 2.79. The lowest BCUT2D eigenvalue weighted by molar-refractivity contribution is 1.13. The van der Waals surface area contributed by atoms with E-state index in [0.29, 0.717) is 0 Å². The van der Waals surface area contributed by atoms with Gasteiger partial charge in [0.2, 0.25) is 0 Å². The van der Waals surface area contributed by atoms with Crippen LogP contribution >= 0.6 is 27.3 Å². The van der Waals surface area contributed by atoms with Crippen LogP contribution in [0.3, 0.4) is 0 Å². The highest BCUT2D eigenvalue weighted by atomic mass is 79.9. The molecule has 0 saturated carbocycles. The van der Waals surface area contributed by atoms with E-state index in [-0.39, 0.29) is 0 Å². The molecule has 2 rings (SSSR count). The second-order valence-electron chi connectivity index (χ2n) is 3.25. The van der Waals surface area contributed by atoms with E-state index >= 15 is 0 Å². The predicted octanol–water partition coefficient (Wildman–Crippen LogP) is 3.94. The summed E-state index contributed by atoms with van der Waals surface area (Å²) in [5, 5.41) is 4.20. The highest BCUT2D eigenvalue weighted by Gasteiger charge is 2.09. The number of hydrogen-bond acceptors (Lipinski definition) is 2. The first-order chi connectivity index (χ1) is 6.77. The van der Waals surface area contributed by atoms with Gasteiger partial charge in [0.15, 0.2) is 0 Å². The quantitative estimate of drug-likeness (QED) is 0.649. The first-order valence-electron chi connectivity index (χ1n) is 4.61. The van der Waals surface area contributed by atoms with Crippen molar-refractivity contribution < 1.29 is 0 Å². The minimum absolute atomic E-state index is 0.883. The fourth-order valence-corrected chi connectivity index (χ4v) is 3.35. The topological polar surface area (TPSA) is 26.0 Å². The minimum Gasteiger partial charge on any atom is -0.398 e. The molecule has 1 aromatic carbocycles. The molecule has 0 unspecified atom stereocenters. The Balaban J connectivity index is 2.82. The normalized spacial score (nSPS) is 11.0. The molecule has 0 amide bonds. The van der Waals surface area contributed by atoms with Crippen molar-refractivity contribution in [2.24, 2.45) is 0 Å². The van der Waals surface area contributed by atoms with Gasteiger partial charge < -0.3 is 5.73 Å². The van der Waals surface area contributed by atoms with Gasteiger partial charge in [-0.2, -0.15) is 0 Å². The third kappa shape index (κ3) is 1.44. The summed E-state index contributed by atoms with van der Waals surface area (Å²) in [6, 6.07) is 4.19. The molecule has 0 atom stereocenters. The van der Waals surface area contributed by atoms with Crippen LogP contribution in [-0.2, 0) is 11.8 Å². The van der Waals surface area contributed by atoms with Crippen molar-refractivity contribution >= 4 is 43.0 Å². The van der Waals surface area contributed by atoms with Crippen molar-refractivity contribution in [3.63, 3.8) is 0 Å². The molecule has 0 radical (unpaired) electrons. The van der Waals surface area contributed by atoms with Gasteiger partial charge in [-0.05, 0) is 35.1 Å². The molecule has 1 aromatic heterocycles. The molecule has 1 heterocycles. The average molecular weight is 270 g/mol. The third-order valence-corrected chi connectivity index (χ3v) is 4.04. The Morgan fingerprint density at radius 2 is 2.29 bits per heavy atom. The van der Waals surface area contributed by atoms with Crippen LogP contribution in [0.2, 0.25) is 0 Å². The van der Waals surface area contributed by atoms with Crippen LogP contribution in [0.25, 0.3) is 10.1 Å². The van der Waals surface area contributed by atoms with E-state index in [1.165, 1.54) is 21.2 Å². The van der Waals surface area contributed by atoms with Crippen LogP contribution in [0.5, 0.6) is 0 Å². The summed E-state index contributed by atoms with van der Waals surface area (Å²) in [4.78, 5) is 0. The standard InChI is InChI=1S/C11H12BrNS/c1-2-8-7(6-12)5-10(13)9-3-4-14-11(8)9/h3-5H,2,6,13H2,1H3. The molecule has 0 aliphatic carbocycles. The molecular formula is C11H12BrNS. The summed E-state index contributed by atoms with van der Waals surface area (Å²) in [6.07, 6.45) is 1.07. The maximum atomic E-state index is 5.99. The molecular weight excluding hydrogens is 258 g/mol. The van der Waals surface area contributed by atoms with E-state index in [0.717, 1.165) is 17.4 Å². The number of thiophene rings is 1. The fourth-order valence-electron chi connectivity index (χ4n) is 1.78. The van der Waals surface area contributed by atoms with Crippen LogP contribution in [0.4, 0.5) is 5.69 Å². The number of nitrogen functional groups attached to an aromatic ring is 1. The van der Waals surface area contributed by atoms with Gasteiger partial charge in [0.05, 0.1) is 0 Å². The average Bonchev–Trinajstić information content (AvgIpc) is 2.66. The molecule has 2 aromatic rings. The zero-order chi connectivity index (χ0) is 10.1. The first-order valence-corrected chi connectivity index (χ1v) is 6.61. The molecule has 0 spiro atoms. The van der Waals surface area contributed by atoms with Crippen LogP contribution in [0.15, 0.2) is 17.5 Å². The van der Waals surface area contributed by atoms with Crippen molar-refractivity contribution in [1.29, 1.82) is 0 Å². The van der Waals surface area contributed by atoms with Crippen LogP contribution in [0.1, 0.15) is 18.1 Å². The maximum Gasteiger partial charge on any atom is 0.0405 e. The van der Waals surface area contributed by atoms with E-state index in [9.17, 15) is 0 Å². The molecule has 0 bridgehead atoms. The van der Waals surface area contributed by atoms with E-state index in [4.69, 9.17) is 5.73 Å². The van der Waals surface area contributed by atoms with Gasteiger partial charge in [0, 0.05) is 21.1 Å². The Morgan fingerprint density at radius 1 is 1.50 bits per heavy atom. The summed E-state index contributed by atoms with van der Waals surface area (Å²) in [5.74, 6) is 0. The van der Waals surface area contributed by atoms with Crippen molar-refractivity contribution in [2.75, 3.05) is 5.73 Å². The second-order valence-corrected chi connectivity index (χ2v) is 4.73. The summed E-state index contributed by atoms with van der Waals surface area (Å²) in [5.41, 5.74) is 9.63. The lowest BCUT2D eigenvalue weighted by Gasteiger charge is -2.08. The third-order valence-electron chi connectivity index (χ3n) is 2.47. The number of alkyl halides is 1. The molecule has 0 aliphatic heterocycles. The highest BCUT2D eigenvalue weighted by molar-refractivity contribution is 9.08. The van der Waals surface area contributed by atoms with Gasteiger partial charge in [-0.15, -0.1) is 11.3 Å². The number of fused-ring (bicyclic) bond motifs is 1. The fraction of sp³-hybridized carbons (Fsp3) is 0.273. The van der Waals surface area contributed by atoms with Crippen molar-refractivity contribution in [2.45, 2.75) is 18.7 Å². The number of nitrogens with two attached hydrogens (primary N) is 1. The predicted molar refractivity (Wildman–Crippen MR) is 68.2 cm³/mol. The van der Waals surface area contributed by atoms with Gasteiger partial charge in [0.25, 0.3) is 0 Å². The number of anilines is 1. The second kappa shape index (κ2) is 3.91.